The van der Waals surface area contributed by atoms with Crippen molar-refractivity contribution in [3.8, 4) is 45.6 Å². The van der Waals surface area contributed by atoms with E-state index in [-0.39, 0.29) is 108 Å². The van der Waals surface area contributed by atoms with E-state index in [1.165, 1.54) is 115 Å². The van der Waals surface area contributed by atoms with E-state index in [1.807, 2.05) is 0 Å². The van der Waals surface area contributed by atoms with Crippen molar-refractivity contribution in [2.75, 3.05) is 13.2 Å². The molecule has 0 heterocycles. The topological polar surface area (TPSA) is 124 Å². The Balaban J connectivity index is 0.873. The minimum Gasteiger partial charge on any atom is -0.494 e. The highest BCUT2D eigenvalue weighted by atomic mass is 19.4. The fourth-order valence-electron chi connectivity index (χ4n) is 7.93. The molecule has 0 aromatic heterocycles. The van der Waals surface area contributed by atoms with E-state index in [4.69, 9.17) is 28.4 Å². The van der Waals surface area contributed by atoms with Gasteiger partial charge in [-0.15, -0.1) is 0 Å². The Bertz CT molecular complexity index is 3300. The molecule has 0 spiro atoms. The summed E-state index contributed by atoms with van der Waals surface area (Å²) in [5, 5.41) is 0. The lowest BCUT2D eigenvalue weighted by Crippen LogP contribution is -2.60. The third-order valence-electron chi connectivity index (χ3n) is 13.0. The number of alkyl halides is 18. The Morgan fingerprint density at radius 3 is 0.886 bits per heavy atom. The summed E-state index contributed by atoms with van der Waals surface area (Å²) in [6.45, 7) is -0.0445. The summed E-state index contributed by atoms with van der Waals surface area (Å²) < 4.78 is 267. The van der Waals surface area contributed by atoms with Crippen LogP contribution in [-0.4, -0.2) is 85.0 Å². The van der Waals surface area contributed by atoms with Crippen LogP contribution in [0.25, 0.3) is 11.1 Å². The molecule has 28 heteroatoms. The van der Waals surface area contributed by atoms with Crippen molar-refractivity contribution in [1.29, 1.82) is 0 Å². The number of ether oxygens (including phenoxy) is 6. The van der Waals surface area contributed by atoms with Gasteiger partial charge in [-0.2, -0.15) is 79.0 Å². The highest BCUT2D eigenvalue weighted by Gasteiger charge is 2.82. The van der Waals surface area contributed by atoms with Crippen molar-refractivity contribution < 1.29 is 127 Å². The van der Waals surface area contributed by atoms with Gasteiger partial charge in [0.05, 0.1) is 35.5 Å². The van der Waals surface area contributed by atoms with Crippen LogP contribution in [0.5, 0.6) is 34.5 Å². The van der Waals surface area contributed by atoms with Crippen LogP contribution in [0.3, 0.4) is 0 Å². The van der Waals surface area contributed by atoms with Crippen molar-refractivity contribution in [2.24, 2.45) is 0 Å². The summed E-state index contributed by atoms with van der Waals surface area (Å²) in [6.07, 6.45) is -19.0. The molecule has 0 aliphatic heterocycles. The molecule has 10 nitrogen and oxygen atoms in total. The summed E-state index contributed by atoms with van der Waals surface area (Å²) in [7, 11) is 0. The number of hydrogen-bond acceptors (Lipinski definition) is 10. The molecule has 0 aliphatic rings. The van der Waals surface area contributed by atoms with E-state index in [1.54, 1.807) is 30.3 Å². The highest BCUT2D eigenvalue weighted by Crippen LogP contribution is 2.56. The molecule has 6 rings (SSSR count). The molecule has 0 atom stereocenters. The zero-order chi connectivity index (χ0) is 64.9. The monoisotopic (exact) mass is 1270 g/mol. The zero-order valence-corrected chi connectivity index (χ0v) is 45.2. The first-order chi connectivity index (χ1) is 41.1. The van der Waals surface area contributed by atoms with Gasteiger partial charge in [0.2, 0.25) is 0 Å². The van der Waals surface area contributed by atoms with Gasteiger partial charge in [-0.3, -0.25) is 0 Å². The number of unbranched alkanes of at least 4 members (excludes halogenated alkanes) is 6. The molecule has 0 unspecified atom stereocenters. The average molecular weight is 1270 g/mol. The molecule has 0 saturated heterocycles. The van der Waals surface area contributed by atoms with Crippen LogP contribution in [0, 0.1) is 0 Å². The fraction of sp³-hybridized carbons (Fsp3) is 0.333. The Morgan fingerprint density at radius 2 is 0.568 bits per heavy atom. The van der Waals surface area contributed by atoms with E-state index < -0.39 is 97.4 Å². The number of carbonyl (C=O) groups is 4. The van der Waals surface area contributed by atoms with E-state index in [2.05, 4.69) is 0 Å². The zero-order valence-electron chi connectivity index (χ0n) is 45.2. The second kappa shape index (κ2) is 28.1. The summed E-state index contributed by atoms with van der Waals surface area (Å²) in [6, 6.07) is 34.6. The molecule has 0 aliphatic carbocycles. The van der Waals surface area contributed by atoms with Crippen molar-refractivity contribution in [3.05, 3.63) is 168 Å². The molecule has 88 heavy (non-hydrogen) atoms. The predicted octanol–water partition coefficient (Wildman–Crippen LogP) is 17.8. The summed E-state index contributed by atoms with van der Waals surface area (Å²) in [4.78, 5) is 51.6. The Morgan fingerprint density at radius 1 is 0.284 bits per heavy atom. The van der Waals surface area contributed by atoms with E-state index in [9.17, 15) is 98.2 Å². The van der Waals surface area contributed by atoms with Gasteiger partial charge in [-0.05, 0) is 158 Å². The highest BCUT2D eigenvalue weighted by molar-refractivity contribution is 5.94. The second-order valence-electron chi connectivity index (χ2n) is 19.4. The van der Waals surface area contributed by atoms with Crippen molar-refractivity contribution in [1.82, 2.24) is 0 Å². The maximum atomic E-state index is 13.7. The van der Waals surface area contributed by atoms with Gasteiger partial charge in [0.1, 0.15) is 34.5 Å². The summed E-state index contributed by atoms with van der Waals surface area (Å²) in [5.74, 6) is -40.5. The SMILES string of the molecule is O=C(Oc1ccc(C(=O)Oc2ccc(-c3cccc(OC(=O)c4ccc(OC(=O)c5ccc(OCCCCCCC(F)(F)C(F)(F)C(F)(F)C(F)(F)F)cc5)cc4)c3)cc2)cc1)c1ccc(OCCCCCCC(F)(F)C(F)(F)C(F)(F)C(F)(F)F)cc1. The number of esters is 4. The first-order valence-corrected chi connectivity index (χ1v) is 26.2. The Labute approximate surface area is 488 Å². The van der Waals surface area contributed by atoms with Gasteiger partial charge in [0, 0.05) is 12.8 Å². The van der Waals surface area contributed by atoms with Gasteiger partial charge in [-0.1, -0.05) is 49.9 Å². The van der Waals surface area contributed by atoms with E-state index in [0.29, 0.717) is 11.1 Å². The number of carbonyl (C=O) groups excluding carboxylic acids is 4. The molecule has 6 aromatic rings. The summed E-state index contributed by atoms with van der Waals surface area (Å²) >= 11 is 0. The van der Waals surface area contributed by atoms with Crippen LogP contribution in [0.4, 0.5) is 79.0 Å². The Hall–Kier alpha value is -8.46. The number of rotatable bonds is 29. The lowest BCUT2D eigenvalue weighted by Gasteiger charge is -2.33. The standard InChI is InChI=1S/C60H48F18O10/c61-53(62,55(65,66)57(69,70)59(73,74)75)32-5-1-3-7-34-83-43-22-14-38(15-23-43)49(79)86-46-28-18-40(19-29-46)51(81)85-45-26-12-37(13-27-45)42-10-9-11-48(36-42)88-52(82)41-20-30-47(31-21-41)87-50(80)39-16-24-44(25-17-39)84-35-8-4-2-6-33-54(63,64)56(67,68)58(71,72)60(76,77)78/h9-31,36H,1-8,32-35H2. The van der Waals surface area contributed by atoms with Crippen molar-refractivity contribution >= 4 is 23.9 Å². The maximum absolute atomic E-state index is 13.7. The minimum absolute atomic E-state index is 0.0220. The third-order valence-corrected chi connectivity index (χ3v) is 13.0. The smallest absolute Gasteiger partial charge is 0.460 e. The van der Waals surface area contributed by atoms with Crippen LogP contribution in [0.1, 0.15) is 106 Å². The van der Waals surface area contributed by atoms with Crippen LogP contribution in [0.2, 0.25) is 0 Å². The fourth-order valence-corrected chi connectivity index (χ4v) is 7.93. The molecule has 0 fully saturated rings. The van der Waals surface area contributed by atoms with Crippen LogP contribution >= 0.6 is 0 Å². The third kappa shape index (κ3) is 17.0. The molecular weight excluding hydrogens is 1220 g/mol. The molecule has 6 aromatic carbocycles. The summed E-state index contributed by atoms with van der Waals surface area (Å²) in [5.41, 5.74) is 1.63. The van der Waals surface area contributed by atoms with Gasteiger partial charge >= 0.3 is 71.8 Å². The Kier molecular flexibility index (Phi) is 22.0. The number of benzene rings is 6. The van der Waals surface area contributed by atoms with Crippen LogP contribution in [0.15, 0.2) is 146 Å². The first-order valence-electron chi connectivity index (χ1n) is 26.2. The van der Waals surface area contributed by atoms with Crippen molar-refractivity contribution in [2.45, 2.75) is 112 Å². The normalized spacial score (nSPS) is 12.7. The molecular formula is C60H48F18O10. The number of halogens is 18. The maximum Gasteiger partial charge on any atom is 0.460 e. The predicted molar refractivity (Wildman–Crippen MR) is 276 cm³/mol. The molecule has 0 bridgehead atoms. The lowest BCUT2D eigenvalue weighted by atomic mass is 9.98. The first kappa shape index (κ1) is 68.7. The van der Waals surface area contributed by atoms with Gasteiger partial charge in [0.25, 0.3) is 0 Å². The van der Waals surface area contributed by atoms with Gasteiger partial charge < -0.3 is 28.4 Å². The molecule has 474 valence electrons. The van der Waals surface area contributed by atoms with Crippen LogP contribution < -0.4 is 28.4 Å². The van der Waals surface area contributed by atoms with E-state index >= 15 is 0 Å². The molecule has 0 N–H and O–H groups in total. The largest absolute Gasteiger partial charge is 0.494 e. The van der Waals surface area contributed by atoms with Crippen LogP contribution in [-0.2, 0) is 0 Å². The lowest BCUT2D eigenvalue weighted by molar-refractivity contribution is -0.396. The average Bonchev–Trinajstić information content (AvgIpc) is 0.780. The number of hydrogen-bond donors (Lipinski definition) is 0. The minimum atomic E-state index is -6.93. The molecule has 0 radical (unpaired) electrons. The molecule has 0 amide bonds. The quantitative estimate of drug-likeness (QED) is 0.0194. The van der Waals surface area contributed by atoms with Gasteiger partial charge in [-0.25, -0.2) is 19.2 Å². The van der Waals surface area contributed by atoms with Crippen molar-refractivity contribution in [3.63, 3.8) is 0 Å². The molecule has 0 saturated carbocycles. The van der Waals surface area contributed by atoms with E-state index in [0.717, 1.165) is 0 Å². The van der Waals surface area contributed by atoms with Gasteiger partial charge in [0.15, 0.2) is 0 Å². The second-order valence-corrected chi connectivity index (χ2v) is 19.4.